The number of benzene rings is 1. The number of rotatable bonds is 7. The third kappa shape index (κ3) is 4.71. The molecule has 0 aromatic heterocycles. The third-order valence-corrected chi connectivity index (χ3v) is 3.06. The molecule has 7 nitrogen and oxygen atoms in total. The molecule has 0 saturated heterocycles. The normalized spacial score (nSPS) is 13.3. The molecule has 0 spiro atoms. The second kappa shape index (κ2) is 7.72. The number of carbonyl (C=O) groups is 1. The van der Waals surface area contributed by atoms with Crippen molar-refractivity contribution in [2.24, 2.45) is 5.11 Å². The SMILES string of the molecule is [N-]=[N+]=NCCC(O)C(O)c1ccc(CC(=O)O)c(Cl)c1. The van der Waals surface area contributed by atoms with Crippen LogP contribution in [0, 0.1) is 0 Å². The number of carboxylic acid groups (broad SMARTS) is 1. The van der Waals surface area contributed by atoms with E-state index < -0.39 is 18.2 Å². The number of aliphatic hydroxyl groups excluding tert-OH is 2. The van der Waals surface area contributed by atoms with E-state index in [4.69, 9.17) is 22.2 Å². The first-order chi connectivity index (χ1) is 9.45. The minimum Gasteiger partial charge on any atom is -0.481 e. The zero-order valence-electron chi connectivity index (χ0n) is 10.5. The first-order valence-electron chi connectivity index (χ1n) is 5.82. The summed E-state index contributed by atoms with van der Waals surface area (Å²) in [6.45, 7) is 0.0690. The van der Waals surface area contributed by atoms with E-state index in [0.29, 0.717) is 11.1 Å². The molecule has 1 aromatic rings. The van der Waals surface area contributed by atoms with Crippen molar-refractivity contribution in [1.29, 1.82) is 0 Å². The van der Waals surface area contributed by atoms with E-state index in [1.165, 1.54) is 18.2 Å². The highest BCUT2D eigenvalue weighted by Gasteiger charge is 2.19. The number of carboxylic acids is 1. The quantitative estimate of drug-likeness (QED) is 0.404. The van der Waals surface area contributed by atoms with Crippen LogP contribution in [0.4, 0.5) is 0 Å². The van der Waals surface area contributed by atoms with Crippen LogP contribution in [-0.2, 0) is 11.2 Å². The molecule has 20 heavy (non-hydrogen) atoms. The molecule has 108 valence electrons. The Morgan fingerprint density at radius 2 is 2.15 bits per heavy atom. The molecule has 0 radical (unpaired) electrons. The van der Waals surface area contributed by atoms with E-state index in [-0.39, 0.29) is 24.4 Å². The number of nitrogens with zero attached hydrogens (tertiary/aromatic N) is 3. The van der Waals surface area contributed by atoms with Crippen LogP contribution in [0.5, 0.6) is 0 Å². The first-order valence-corrected chi connectivity index (χ1v) is 6.20. The van der Waals surface area contributed by atoms with Gasteiger partial charge in [-0.25, -0.2) is 0 Å². The third-order valence-electron chi connectivity index (χ3n) is 2.71. The predicted molar refractivity (Wildman–Crippen MR) is 72.4 cm³/mol. The number of hydrogen-bond acceptors (Lipinski definition) is 4. The van der Waals surface area contributed by atoms with Gasteiger partial charge in [-0.2, -0.15) is 0 Å². The monoisotopic (exact) mass is 299 g/mol. The van der Waals surface area contributed by atoms with Gasteiger partial charge in [0.2, 0.25) is 0 Å². The van der Waals surface area contributed by atoms with Crippen LogP contribution in [0.15, 0.2) is 23.3 Å². The van der Waals surface area contributed by atoms with Crippen molar-refractivity contribution in [1.82, 2.24) is 0 Å². The molecule has 2 atom stereocenters. The fourth-order valence-corrected chi connectivity index (χ4v) is 1.92. The van der Waals surface area contributed by atoms with Gasteiger partial charge in [-0.1, -0.05) is 28.8 Å². The highest BCUT2D eigenvalue weighted by Crippen LogP contribution is 2.25. The molecule has 0 bridgehead atoms. The lowest BCUT2D eigenvalue weighted by molar-refractivity contribution is -0.136. The Hall–Kier alpha value is -1.79. The van der Waals surface area contributed by atoms with Crippen LogP contribution in [0.2, 0.25) is 5.02 Å². The van der Waals surface area contributed by atoms with E-state index in [9.17, 15) is 15.0 Å². The summed E-state index contributed by atoms with van der Waals surface area (Å²) in [5.74, 6) is -1.01. The van der Waals surface area contributed by atoms with Gasteiger partial charge in [0.05, 0.1) is 12.5 Å². The fourth-order valence-electron chi connectivity index (χ4n) is 1.67. The van der Waals surface area contributed by atoms with Crippen LogP contribution >= 0.6 is 11.6 Å². The van der Waals surface area contributed by atoms with Crippen molar-refractivity contribution in [2.45, 2.75) is 25.0 Å². The largest absolute Gasteiger partial charge is 0.481 e. The van der Waals surface area contributed by atoms with Crippen molar-refractivity contribution < 1.29 is 20.1 Å². The molecule has 3 N–H and O–H groups in total. The molecule has 1 rings (SSSR count). The summed E-state index contributed by atoms with van der Waals surface area (Å²) in [5.41, 5.74) is 8.92. The van der Waals surface area contributed by atoms with Crippen molar-refractivity contribution in [2.75, 3.05) is 6.54 Å². The van der Waals surface area contributed by atoms with Crippen molar-refractivity contribution in [3.63, 3.8) is 0 Å². The van der Waals surface area contributed by atoms with Crippen LogP contribution < -0.4 is 0 Å². The lowest BCUT2D eigenvalue weighted by atomic mass is 10.00. The second-order valence-corrected chi connectivity index (χ2v) is 4.58. The van der Waals surface area contributed by atoms with Crippen molar-refractivity contribution in [3.05, 3.63) is 44.8 Å². The summed E-state index contributed by atoms with van der Waals surface area (Å²) in [5, 5.41) is 31.8. The lowest BCUT2D eigenvalue weighted by Gasteiger charge is -2.18. The number of aliphatic hydroxyl groups is 2. The van der Waals surface area contributed by atoms with E-state index in [2.05, 4.69) is 10.0 Å². The Labute approximate surface area is 120 Å². The molecular weight excluding hydrogens is 286 g/mol. The van der Waals surface area contributed by atoms with Gasteiger partial charge >= 0.3 is 5.97 Å². The summed E-state index contributed by atoms with van der Waals surface area (Å²) in [7, 11) is 0. The summed E-state index contributed by atoms with van der Waals surface area (Å²) in [6.07, 6.45) is -2.38. The minimum atomic E-state index is -1.18. The van der Waals surface area contributed by atoms with Gasteiger partial charge in [0.25, 0.3) is 0 Å². The molecule has 0 amide bonds. The van der Waals surface area contributed by atoms with Gasteiger partial charge in [-0.05, 0) is 29.1 Å². The number of aliphatic carboxylic acids is 1. The fraction of sp³-hybridized carbons (Fsp3) is 0.417. The highest BCUT2D eigenvalue weighted by molar-refractivity contribution is 6.31. The average Bonchev–Trinajstić information content (AvgIpc) is 2.40. The van der Waals surface area contributed by atoms with E-state index in [1.54, 1.807) is 0 Å². The Balaban J connectivity index is 2.78. The van der Waals surface area contributed by atoms with Gasteiger partial charge in [0.1, 0.15) is 6.10 Å². The van der Waals surface area contributed by atoms with E-state index >= 15 is 0 Å². The van der Waals surface area contributed by atoms with Crippen LogP contribution in [0.25, 0.3) is 10.4 Å². The molecule has 2 unspecified atom stereocenters. The maximum Gasteiger partial charge on any atom is 0.307 e. The Kier molecular flexibility index (Phi) is 6.27. The van der Waals surface area contributed by atoms with E-state index in [0.717, 1.165) is 0 Å². The van der Waals surface area contributed by atoms with E-state index in [1.807, 2.05) is 0 Å². The molecular formula is C12H14ClN3O4. The van der Waals surface area contributed by atoms with Gasteiger partial charge < -0.3 is 15.3 Å². The molecule has 0 fully saturated rings. The van der Waals surface area contributed by atoms with Crippen LogP contribution in [0.3, 0.4) is 0 Å². The zero-order valence-corrected chi connectivity index (χ0v) is 11.2. The predicted octanol–water partition coefficient (Wildman–Crippen LogP) is 2.06. The van der Waals surface area contributed by atoms with Crippen molar-refractivity contribution >= 4 is 17.6 Å². The van der Waals surface area contributed by atoms with Gasteiger partial charge in [0.15, 0.2) is 0 Å². The minimum absolute atomic E-state index is 0.0690. The second-order valence-electron chi connectivity index (χ2n) is 4.18. The van der Waals surface area contributed by atoms with Crippen molar-refractivity contribution in [3.8, 4) is 0 Å². The number of halogens is 1. The lowest BCUT2D eigenvalue weighted by Crippen LogP contribution is -2.19. The molecule has 8 heteroatoms. The maximum atomic E-state index is 10.6. The number of hydrogen-bond donors (Lipinski definition) is 3. The van der Waals surface area contributed by atoms with Gasteiger partial charge in [-0.3, -0.25) is 4.79 Å². The van der Waals surface area contributed by atoms with Gasteiger partial charge in [-0.15, -0.1) is 0 Å². The smallest absolute Gasteiger partial charge is 0.307 e. The summed E-state index contributed by atoms with van der Waals surface area (Å²) in [6, 6.07) is 4.42. The van der Waals surface area contributed by atoms with Crippen LogP contribution in [0.1, 0.15) is 23.7 Å². The molecule has 0 aliphatic rings. The standard InChI is InChI=1S/C12H14ClN3O4/c13-9-5-8(2-1-7(9)6-11(18)19)12(20)10(17)3-4-15-16-14/h1-2,5,10,12,17,20H,3-4,6H2,(H,18,19). The summed E-state index contributed by atoms with van der Waals surface area (Å²) in [4.78, 5) is 13.2. The Bertz CT molecular complexity index is 531. The van der Waals surface area contributed by atoms with Crippen LogP contribution in [-0.4, -0.2) is 33.9 Å². The summed E-state index contributed by atoms with van der Waals surface area (Å²) < 4.78 is 0. The molecule has 0 saturated carbocycles. The molecule has 0 aliphatic carbocycles. The molecule has 0 heterocycles. The zero-order chi connectivity index (χ0) is 15.1. The number of azide groups is 1. The molecule has 0 aliphatic heterocycles. The molecule has 1 aromatic carbocycles. The first kappa shape index (κ1) is 16.3. The Morgan fingerprint density at radius 3 is 2.70 bits per heavy atom. The average molecular weight is 300 g/mol. The van der Waals surface area contributed by atoms with Gasteiger partial charge in [0, 0.05) is 16.5 Å². The maximum absolute atomic E-state index is 10.6. The topological polar surface area (TPSA) is 127 Å². The highest BCUT2D eigenvalue weighted by atomic mass is 35.5. The Morgan fingerprint density at radius 1 is 1.45 bits per heavy atom. The summed E-state index contributed by atoms with van der Waals surface area (Å²) >= 11 is 5.93.